The Bertz CT molecular complexity index is 1850. The highest BCUT2D eigenvalue weighted by Gasteiger charge is 2.30. The van der Waals surface area contributed by atoms with Crippen molar-refractivity contribution in [2.75, 3.05) is 0 Å². The van der Waals surface area contributed by atoms with Gasteiger partial charge in [0.1, 0.15) is 19.8 Å². The first-order valence-corrected chi connectivity index (χ1v) is 17.7. The maximum absolute atomic E-state index is 15.2. The molecule has 0 aliphatic rings. The Labute approximate surface area is 290 Å². The highest BCUT2D eigenvalue weighted by Crippen LogP contribution is 2.42. The van der Waals surface area contributed by atoms with Crippen molar-refractivity contribution >= 4 is 41.0 Å². The molecule has 0 saturated carbocycles. The van der Waals surface area contributed by atoms with Gasteiger partial charge in [0.25, 0.3) is 0 Å². The summed E-state index contributed by atoms with van der Waals surface area (Å²) < 4.78 is 31.7. The van der Waals surface area contributed by atoms with Crippen LogP contribution in [0.4, 0.5) is 0 Å². The van der Waals surface area contributed by atoms with E-state index in [-0.39, 0.29) is 19.8 Å². The molecule has 0 amide bonds. The van der Waals surface area contributed by atoms with Gasteiger partial charge in [-0.2, -0.15) is 0 Å². The highest BCUT2D eigenvalue weighted by atomic mass is 31.2. The van der Waals surface area contributed by atoms with Gasteiger partial charge in [-0.25, -0.2) is 14.4 Å². The Morgan fingerprint density at radius 2 is 0.600 bits per heavy atom. The molecule has 0 saturated heterocycles. The minimum absolute atomic E-state index is 0.0606. The van der Waals surface area contributed by atoms with E-state index >= 15 is 4.57 Å². The van der Waals surface area contributed by atoms with E-state index in [9.17, 15) is 14.4 Å². The summed E-state index contributed by atoms with van der Waals surface area (Å²) in [6, 6.07) is 47.8. The monoisotopic (exact) mass is 680 g/mol. The van der Waals surface area contributed by atoms with E-state index in [1.807, 2.05) is 18.2 Å². The van der Waals surface area contributed by atoms with Crippen LogP contribution in [0.25, 0.3) is 0 Å². The van der Waals surface area contributed by atoms with Crippen molar-refractivity contribution in [3.05, 3.63) is 197 Å². The lowest BCUT2D eigenvalue weighted by Crippen LogP contribution is -2.25. The fourth-order valence-corrected chi connectivity index (χ4v) is 7.87. The van der Waals surface area contributed by atoms with Crippen LogP contribution in [0.3, 0.4) is 0 Å². The minimum atomic E-state index is -3.42. The molecule has 8 heteroatoms. The maximum Gasteiger partial charge on any atom is 0.338 e. The Morgan fingerprint density at radius 1 is 0.360 bits per heavy atom. The number of benzene rings is 6. The normalized spacial score (nSPS) is 11.0. The summed E-state index contributed by atoms with van der Waals surface area (Å²) in [4.78, 5) is 37.4. The SMILES string of the molecule is O=C(OCc1ccc(P(=O)(c2ccc(COC(=O)c3ccccc3)cc2)c2ccc(COC(=O)c3ccccc3)cc2)cc1)c1ccccc1. The van der Waals surface area contributed by atoms with E-state index in [1.54, 1.807) is 146 Å². The third-order valence-electron chi connectivity index (χ3n) is 8.04. The van der Waals surface area contributed by atoms with E-state index in [4.69, 9.17) is 14.2 Å². The van der Waals surface area contributed by atoms with Crippen LogP contribution in [0.2, 0.25) is 0 Å². The molecule has 0 radical (unpaired) electrons. The van der Waals surface area contributed by atoms with Crippen LogP contribution in [-0.2, 0) is 38.6 Å². The van der Waals surface area contributed by atoms with E-state index in [0.717, 1.165) is 16.7 Å². The van der Waals surface area contributed by atoms with Crippen LogP contribution in [0.1, 0.15) is 47.8 Å². The lowest BCUT2D eigenvalue weighted by atomic mass is 10.2. The quantitative estimate of drug-likeness (QED) is 0.0756. The number of rotatable bonds is 12. The number of hydrogen-bond acceptors (Lipinski definition) is 7. The molecule has 6 aromatic carbocycles. The number of carbonyl (C=O) groups is 3. The zero-order valence-corrected chi connectivity index (χ0v) is 27.9. The fraction of sp³-hybridized carbons (Fsp3) is 0.0714. The molecule has 0 heterocycles. The average Bonchev–Trinajstić information content (AvgIpc) is 3.19. The Hall–Kier alpha value is -6.04. The molecule has 0 aromatic heterocycles. The number of ether oxygens (including phenoxy) is 3. The molecule has 50 heavy (non-hydrogen) atoms. The van der Waals surface area contributed by atoms with Gasteiger partial charge in [0.05, 0.1) is 16.7 Å². The zero-order valence-electron chi connectivity index (χ0n) is 27.0. The first kappa shape index (κ1) is 33.8. The molecule has 0 N–H and O–H groups in total. The predicted molar refractivity (Wildman–Crippen MR) is 193 cm³/mol. The highest BCUT2D eigenvalue weighted by molar-refractivity contribution is 7.85. The fourth-order valence-electron chi connectivity index (χ4n) is 5.27. The van der Waals surface area contributed by atoms with Gasteiger partial charge in [-0.1, -0.05) is 127 Å². The third kappa shape index (κ3) is 8.15. The van der Waals surface area contributed by atoms with Crippen molar-refractivity contribution in [3.63, 3.8) is 0 Å². The molecule has 0 spiro atoms. The van der Waals surface area contributed by atoms with Crippen molar-refractivity contribution in [1.29, 1.82) is 0 Å². The van der Waals surface area contributed by atoms with Gasteiger partial charge in [0.2, 0.25) is 0 Å². The number of hydrogen-bond donors (Lipinski definition) is 0. The molecule has 0 bridgehead atoms. The van der Waals surface area contributed by atoms with Crippen LogP contribution >= 0.6 is 7.14 Å². The summed E-state index contributed by atoms with van der Waals surface area (Å²) in [7, 11) is -3.42. The maximum atomic E-state index is 15.2. The Balaban J connectivity index is 1.22. The molecule has 0 aliphatic heterocycles. The van der Waals surface area contributed by atoms with Gasteiger partial charge in [-0.3, -0.25) is 0 Å². The molecular weight excluding hydrogens is 647 g/mol. The van der Waals surface area contributed by atoms with Crippen LogP contribution < -0.4 is 15.9 Å². The van der Waals surface area contributed by atoms with E-state index < -0.39 is 25.0 Å². The van der Waals surface area contributed by atoms with Crippen molar-refractivity contribution in [3.8, 4) is 0 Å². The summed E-state index contributed by atoms with van der Waals surface area (Å²) in [6.07, 6.45) is 0. The Kier molecular flexibility index (Phi) is 10.8. The van der Waals surface area contributed by atoms with Crippen LogP contribution in [-0.4, -0.2) is 17.9 Å². The first-order chi connectivity index (χ1) is 24.4. The summed E-state index contributed by atoms with van der Waals surface area (Å²) in [6.45, 7) is 0.182. The topological polar surface area (TPSA) is 96.0 Å². The third-order valence-corrected chi connectivity index (χ3v) is 11.1. The first-order valence-electron chi connectivity index (χ1n) is 16.0. The summed E-state index contributed by atoms with van der Waals surface area (Å²) in [5.41, 5.74) is 3.63. The van der Waals surface area contributed by atoms with Crippen molar-refractivity contribution < 1.29 is 33.2 Å². The van der Waals surface area contributed by atoms with Gasteiger partial charge in [0, 0.05) is 15.9 Å². The van der Waals surface area contributed by atoms with Crippen LogP contribution in [0.5, 0.6) is 0 Å². The van der Waals surface area contributed by atoms with Gasteiger partial charge in [0.15, 0.2) is 7.14 Å². The van der Waals surface area contributed by atoms with Gasteiger partial charge in [-0.15, -0.1) is 0 Å². The predicted octanol–water partition coefficient (Wildman–Crippen LogP) is 7.40. The molecule has 0 fully saturated rings. The molecule has 0 atom stereocenters. The molecule has 248 valence electrons. The second-order valence-corrected chi connectivity index (χ2v) is 14.2. The van der Waals surface area contributed by atoms with Gasteiger partial charge >= 0.3 is 17.9 Å². The van der Waals surface area contributed by atoms with Gasteiger partial charge in [-0.05, 0) is 53.1 Å². The lowest BCUT2D eigenvalue weighted by Gasteiger charge is -2.21. The zero-order chi connectivity index (χ0) is 34.8. The van der Waals surface area contributed by atoms with Crippen molar-refractivity contribution in [2.45, 2.75) is 19.8 Å². The van der Waals surface area contributed by atoms with E-state index in [2.05, 4.69) is 0 Å². The number of esters is 3. The number of carbonyl (C=O) groups excluding carboxylic acids is 3. The van der Waals surface area contributed by atoms with Crippen LogP contribution in [0, 0.1) is 0 Å². The van der Waals surface area contributed by atoms with Crippen molar-refractivity contribution in [2.24, 2.45) is 0 Å². The lowest BCUT2D eigenvalue weighted by molar-refractivity contribution is 0.0464. The standard InChI is InChI=1S/C42H33O7P/c43-40(34-10-4-1-5-11-34)47-28-31-16-22-37(23-17-31)50(46,38-24-18-32(19-25-38)29-48-41(44)35-12-6-2-7-13-35)39-26-20-33(21-27-39)30-49-42(45)36-14-8-3-9-15-36/h1-27H,28-30H2. The summed E-state index contributed by atoms with van der Waals surface area (Å²) in [5, 5.41) is 1.76. The minimum Gasteiger partial charge on any atom is -0.457 e. The van der Waals surface area contributed by atoms with E-state index in [0.29, 0.717) is 32.6 Å². The molecule has 7 nitrogen and oxygen atoms in total. The molecule has 6 rings (SSSR count). The van der Waals surface area contributed by atoms with Crippen LogP contribution in [0.15, 0.2) is 164 Å². The molecular formula is C42H33O7P. The second-order valence-electron chi connectivity index (χ2n) is 11.4. The summed E-state index contributed by atoms with van der Waals surface area (Å²) >= 11 is 0. The average molecular weight is 681 g/mol. The van der Waals surface area contributed by atoms with Crippen molar-refractivity contribution in [1.82, 2.24) is 0 Å². The summed E-state index contributed by atoms with van der Waals surface area (Å²) in [5.74, 6) is -1.28. The molecule has 0 aliphatic carbocycles. The largest absolute Gasteiger partial charge is 0.457 e. The molecule has 6 aromatic rings. The second kappa shape index (κ2) is 15.9. The van der Waals surface area contributed by atoms with E-state index in [1.165, 1.54) is 0 Å². The van der Waals surface area contributed by atoms with Gasteiger partial charge < -0.3 is 18.8 Å². The molecule has 0 unspecified atom stereocenters. The Morgan fingerprint density at radius 3 is 0.840 bits per heavy atom. The smallest absolute Gasteiger partial charge is 0.338 e.